The molecule has 2 aromatic carbocycles. The lowest BCUT2D eigenvalue weighted by Crippen LogP contribution is -1.73. The van der Waals surface area contributed by atoms with Crippen molar-refractivity contribution in [2.24, 2.45) is 0 Å². The molecule has 0 bridgehead atoms. The molecule has 0 spiro atoms. The molecule has 2 aromatic heterocycles. The summed E-state index contributed by atoms with van der Waals surface area (Å²) in [6, 6.07) is 24.3. The number of para-hydroxylation sites is 1. The molecule has 0 saturated heterocycles. The average molecular weight is 290 g/mol. The van der Waals surface area contributed by atoms with Crippen LogP contribution in [0.5, 0.6) is 0 Å². The summed E-state index contributed by atoms with van der Waals surface area (Å²) >= 11 is 1.48. The average Bonchev–Trinajstić information content (AvgIpc) is 3.11. The van der Waals surface area contributed by atoms with E-state index in [2.05, 4.69) is 33.6 Å². The van der Waals surface area contributed by atoms with E-state index < -0.39 is 0 Å². The van der Waals surface area contributed by atoms with Crippen LogP contribution in [0, 0.1) is 0 Å². The molecule has 0 fully saturated rings. The number of aromatic nitrogens is 2. The molecule has 0 aliphatic carbocycles. The summed E-state index contributed by atoms with van der Waals surface area (Å²) in [5.74, 6) is 0. The Kier molecular flexibility index (Phi) is 4.34. The number of fused-ring (bicyclic) bond motifs is 1. The molecule has 0 amide bonds. The molecule has 0 saturated carbocycles. The SMILES string of the molecule is c1ccc(-c2ccsn2)cc1.c1ccc2ncccc2c1. The molecule has 4 rings (SSSR count). The third-order valence-electron chi connectivity index (χ3n) is 3.02. The molecule has 0 radical (unpaired) electrons. The first kappa shape index (κ1) is 13.5. The van der Waals surface area contributed by atoms with Crippen molar-refractivity contribution < 1.29 is 0 Å². The monoisotopic (exact) mass is 290 g/mol. The molecule has 4 aromatic rings. The molecule has 2 nitrogen and oxygen atoms in total. The topological polar surface area (TPSA) is 25.8 Å². The molecule has 2 heterocycles. The van der Waals surface area contributed by atoms with E-state index in [1.165, 1.54) is 22.5 Å². The van der Waals surface area contributed by atoms with E-state index >= 15 is 0 Å². The first-order valence-electron chi connectivity index (χ1n) is 6.69. The standard InChI is InChI=1S/C9H7NS.C9H7N/c1-2-4-8(5-3-1)9-6-7-11-10-9;1-2-6-9-8(4-1)5-3-7-10-9/h1-7H;1-7H. The number of nitrogens with zero attached hydrogens (tertiary/aromatic N) is 2. The van der Waals surface area contributed by atoms with Gasteiger partial charge in [-0.05, 0) is 29.7 Å². The molecular formula is C18H14N2S. The Hall–Kier alpha value is -2.52. The zero-order chi connectivity index (χ0) is 14.3. The summed E-state index contributed by atoms with van der Waals surface area (Å²) in [4.78, 5) is 4.18. The first-order chi connectivity index (χ1) is 10.4. The van der Waals surface area contributed by atoms with Crippen molar-refractivity contribution in [3.8, 4) is 11.3 Å². The normalized spacial score (nSPS) is 9.90. The van der Waals surface area contributed by atoms with Gasteiger partial charge in [0.25, 0.3) is 0 Å². The maximum atomic E-state index is 4.23. The lowest BCUT2D eigenvalue weighted by Gasteiger charge is -1.92. The van der Waals surface area contributed by atoms with Gasteiger partial charge in [-0.1, -0.05) is 54.6 Å². The van der Waals surface area contributed by atoms with Gasteiger partial charge in [0.1, 0.15) is 0 Å². The van der Waals surface area contributed by atoms with Crippen molar-refractivity contribution in [1.29, 1.82) is 0 Å². The minimum atomic E-state index is 1.06. The van der Waals surface area contributed by atoms with Gasteiger partial charge < -0.3 is 0 Å². The number of hydrogen-bond acceptors (Lipinski definition) is 3. The quantitative estimate of drug-likeness (QED) is 0.490. The summed E-state index contributed by atoms with van der Waals surface area (Å²) < 4.78 is 4.23. The predicted octanol–water partition coefficient (Wildman–Crippen LogP) is 5.04. The van der Waals surface area contributed by atoms with Gasteiger partial charge in [-0.2, -0.15) is 4.37 Å². The molecule has 0 aliphatic rings. The van der Waals surface area contributed by atoms with E-state index in [-0.39, 0.29) is 0 Å². The Bertz CT molecular complexity index is 730. The van der Waals surface area contributed by atoms with Crippen LogP contribution in [0.3, 0.4) is 0 Å². The lowest BCUT2D eigenvalue weighted by atomic mass is 10.2. The fourth-order valence-electron chi connectivity index (χ4n) is 1.99. The molecule has 0 aliphatic heterocycles. The van der Waals surface area contributed by atoms with Crippen LogP contribution >= 0.6 is 11.5 Å². The van der Waals surface area contributed by atoms with Gasteiger partial charge in [0.05, 0.1) is 11.2 Å². The van der Waals surface area contributed by atoms with Gasteiger partial charge in [-0.25, -0.2) is 0 Å². The lowest BCUT2D eigenvalue weighted by molar-refractivity contribution is 1.41. The fraction of sp³-hybridized carbons (Fsp3) is 0. The van der Waals surface area contributed by atoms with Crippen LogP contribution in [0.2, 0.25) is 0 Å². The molecule has 3 heteroatoms. The van der Waals surface area contributed by atoms with Crippen LogP contribution in [0.15, 0.2) is 84.4 Å². The maximum absolute atomic E-state index is 4.23. The summed E-state index contributed by atoms with van der Waals surface area (Å²) in [7, 11) is 0. The van der Waals surface area contributed by atoms with Crippen LogP contribution in [0.1, 0.15) is 0 Å². The van der Waals surface area contributed by atoms with Gasteiger partial charge in [0, 0.05) is 22.5 Å². The Morgan fingerprint density at radius 3 is 2.24 bits per heavy atom. The third-order valence-corrected chi connectivity index (χ3v) is 3.58. The second kappa shape index (κ2) is 6.77. The van der Waals surface area contributed by atoms with Crippen molar-refractivity contribution >= 4 is 22.4 Å². The highest BCUT2D eigenvalue weighted by Crippen LogP contribution is 2.16. The van der Waals surface area contributed by atoms with Crippen LogP contribution in [0.4, 0.5) is 0 Å². The highest BCUT2D eigenvalue weighted by Gasteiger charge is 1.95. The zero-order valence-corrected chi connectivity index (χ0v) is 12.2. The molecule has 0 unspecified atom stereocenters. The number of pyridine rings is 1. The second-order valence-electron chi connectivity index (χ2n) is 4.45. The van der Waals surface area contributed by atoms with Crippen LogP contribution in [0.25, 0.3) is 22.2 Å². The van der Waals surface area contributed by atoms with Crippen molar-refractivity contribution in [3.05, 3.63) is 84.4 Å². The maximum Gasteiger partial charge on any atom is 0.0840 e. The smallest absolute Gasteiger partial charge is 0.0840 e. The van der Waals surface area contributed by atoms with E-state index in [4.69, 9.17) is 0 Å². The van der Waals surface area contributed by atoms with E-state index in [0.717, 1.165) is 11.2 Å². The highest BCUT2D eigenvalue weighted by molar-refractivity contribution is 7.03. The second-order valence-corrected chi connectivity index (χ2v) is 5.11. The van der Waals surface area contributed by atoms with Gasteiger partial charge in [0.2, 0.25) is 0 Å². The van der Waals surface area contributed by atoms with E-state index in [0.29, 0.717) is 0 Å². The molecule has 102 valence electrons. The first-order valence-corrected chi connectivity index (χ1v) is 7.53. The summed E-state index contributed by atoms with van der Waals surface area (Å²) in [5, 5.41) is 3.19. The zero-order valence-electron chi connectivity index (χ0n) is 11.4. The fourth-order valence-corrected chi connectivity index (χ4v) is 2.52. The summed E-state index contributed by atoms with van der Waals surface area (Å²) in [6.07, 6.45) is 1.81. The summed E-state index contributed by atoms with van der Waals surface area (Å²) in [5.41, 5.74) is 3.31. The van der Waals surface area contributed by atoms with Gasteiger partial charge in [-0.3, -0.25) is 4.98 Å². The Balaban J connectivity index is 0.000000126. The highest BCUT2D eigenvalue weighted by atomic mass is 32.1. The van der Waals surface area contributed by atoms with Crippen molar-refractivity contribution in [1.82, 2.24) is 9.36 Å². The molecule has 0 atom stereocenters. The minimum absolute atomic E-state index is 1.06. The predicted molar refractivity (Wildman–Crippen MR) is 89.3 cm³/mol. The van der Waals surface area contributed by atoms with E-state index in [1.807, 2.05) is 60.1 Å². The number of hydrogen-bond donors (Lipinski definition) is 0. The summed E-state index contributed by atoms with van der Waals surface area (Å²) in [6.45, 7) is 0. The van der Waals surface area contributed by atoms with E-state index in [1.54, 1.807) is 0 Å². The van der Waals surface area contributed by atoms with Crippen molar-refractivity contribution in [2.75, 3.05) is 0 Å². The Labute approximate surface area is 127 Å². The Morgan fingerprint density at radius 1 is 0.714 bits per heavy atom. The third kappa shape index (κ3) is 3.52. The molecule has 21 heavy (non-hydrogen) atoms. The van der Waals surface area contributed by atoms with Crippen LogP contribution in [-0.4, -0.2) is 9.36 Å². The molecular weight excluding hydrogens is 276 g/mol. The van der Waals surface area contributed by atoms with E-state index in [9.17, 15) is 0 Å². The minimum Gasteiger partial charge on any atom is -0.256 e. The van der Waals surface area contributed by atoms with Crippen molar-refractivity contribution in [2.45, 2.75) is 0 Å². The molecule has 0 N–H and O–H groups in total. The largest absolute Gasteiger partial charge is 0.256 e. The number of benzene rings is 2. The van der Waals surface area contributed by atoms with Crippen LogP contribution < -0.4 is 0 Å². The number of rotatable bonds is 1. The Morgan fingerprint density at radius 2 is 1.48 bits per heavy atom. The van der Waals surface area contributed by atoms with Gasteiger partial charge in [0.15, 0.2) is 0 Å². The van der Waals surface area contributed by atoms with Gasteiger partial charge in [-0.15, -0.1) is 0 Å². The van der Waals surface area contributed by atoms with Crippen molar-refractivity contribution in [3.63, 3.8) is 0 Å². The van der Waals surface area contributed by atoms with Gasteiger partial charge >= 0.3 is 0 Å². The van der Waals surface area contributed by atoms with Crippen LogP contribution in [-0.2, 0) is 0 Å².